The first-order valence-corrected chi connectivity index (χ1v) is 11.1. The van der Waals surface area contributed by atoms with E-state index < -0.39 is 6.04 Å². The zero-order valence-electron chi connectivity index (χ0n) is 17.0. The van der Waals surface area contributed by atoms with Gasteiger partial charge in [-0.2, -0.15) is 0 Å². The zero-order valence-corrected chi connectivity index (χ0v) is 18.6. The molecular weight excluding hydrogens is 444 g/mol. The second-order valence-corrected chi connectivity index (χ2v) is 8.53. The van der Waals surface area contributed by atoms with Crippen molar-refractivity contribution in [1.82, 2.24) is 4.90 Å². The van der Waals surface area contributed by atoms with Gasteiger partial charge in [0.1, 0.15) is 5.75 Å². The van der Waals surface area contributed by atoms with E-state index in [9.17, 15) is 9.59 Å². The van der Waals surface area contributed by atoms with Crippen LogP contribution in [0.25, 0.3) is 5.57 Å². The van der Waals surface area contributed by atoms with Gasteiger partial charge in [-0.05, 0) is 60.4 Å². The molecule has 0 bridgehead atoms. The molecule has 0 spiro atoms. The van der Waals surface area contributed by atoms with Crippen molar-refractivity contribution in [3.05, 3.63) is 64.6 Å². The molecule has 2 aliphatic heterocycles. The van der Waals surface area contributed by atoms with E-state index in [4.69, 9.17) is 4.74 Å². The van der Waals surface area contributed by atoms with Crippen LogP contribution in [0.15, 0.2) is 59.1 Å². The quantitative estimate of drug-likeness (QED) is 0.578. The lowest BCUT2D eigenvalue weighted by Crippen LogP contribution is -2.44. The highest BCUT2D eigenvalue weighted by atomic mass is 79.9. The van der Waals surface area contributed by atoms with Crippen LogP contribution in [0.5, 0.6) is 5.75 Å². The number of halogens is 1. The molecule has 0 aromatic heterocycles. The van der Waals surface area contributed by atoms with E-state index in [-0.39, 0.29) is 18.2 Å². The topological polar surface area (TPSA) is 49.9 Å². The minimum absolute atomic E-state index is 0.136. The SMILES string of the molecule is CCCOc1ccc(N2C(=O)CC(N3CC=C(c4ccc(Br)cc4)CC3)C2=O)cc1. The van der Waals surface area contributed by atoms with Crippen molar-refractivity contribution in [3.63, 3.8) is 0 Å². The first-order valence-electron chi connectivity index (χ1n) is 10.4. The predicted octanol–water partition coefficient (Wildman–Crippen LogP) is 4.66. The third-order valence-electron chi connectivity index (χ3n) is 5.59. The molecule has 4 rings (SSSR count). The Hall–Kier alpha value is -2.44. The second-order valence-electron chi connectivity index (χ2n) is 7.61. The summed E-state index contributed by atoms with van der Waals surface area (Å²) in [7, 11) is 0. The first kappa shape index (κ1) is 20.8. The van der Waals surface area contributed by atoms with Crippen molar-refractivity contribution < 1.29 is 14.3 Å². The minimum Gasteiger partial charge on any atom is -0.494 e. The number of imide groups is 1. The van der Waals surface area contributed by atoms with E-state index in [1.54, 1.807) is 12.1 Å². The number of anilines is 1. The van der Waals surface area contributed by atoms with Gasteiger partial charge in [0.15, 0.2) is 0 Å². The molecule has 1 atom stereocenters. The molecule has 0 aliphatic carbocycles. The van der Waals surface area contributed by atoms with E-state index in [2.05, 4.69) is 39.0 Å². The van der Waals surface area contributed by atoms with Gasteiger partial charge >= 0.3 is 0 Å². The fraction of sp³-hybridized carbons (Fsp3) is 0.333. The van der Waals surface area contributed by atoms with E-state index in [1.807, 2.05) is 31.2 Å². The van der Waals surface area contributed by atoms with Gasteiger partial charge in [-0.25, -0.2) is 4.90 Å². The molecule has 2 heterocycles. The van der Waals surface area contributed by atoms with Gasteiger partial charge in [0.05, 0.1) is 24.8 Å². The Kier molecular flexibility index (Phi) is 6.35. The average Bonchev–Trinajstić information content (AvgIpc) is 3.07. The molecule has 0 saturated carbocycles. The van der Waals surface area contributed by atoms with Gasteiger partial charge in [-0.1, -0.05) is 41.1 Å². The molecule has 1 unspecified atom stereocenters. The summed E-state index contributed by atoms with van der Waals surface area (Å²) in [5.41, 5.74) is 3.10. The summed E-state index contributed by atoms with van der Waals surface area (Å²) in [6, 6.07) is 15.1. The van der Waals surface area contributed by atoms with Crippen molar-refractivity contribution in [1.29, 1.82) is 0 Å². The molecule has 2 amide bonds. The maximum atomic E-state index is 13.1. The Morgan fingerprint density at radius 3 is 2.43 bits per heavy atom. The highest BCUT2D eigenvalue weighted by Crippen LogP contribution is 2.30. The number of carbonyl (C=O) groups excluding carboxylic acids is 2. The largest absolute Gasteiger partial charge is 0.494 e. The van der Waals surface area contributed by atoms with Gasteiger partial charge in [0.25, 0.3) is 5.91 Å². The van der Waals surface area contributed by atoms with Crippen molar-refractivity contribution >= 4 is 39.0 Å². The summed E-state index contributed by atoms with van der Waals surface area (Å²) in [6.45, 7) is 4.14. The van der Waals surface area contributed by atoms with Gasteiger partial charge in [0, 0.05) is 17.6 Å². The van der Waals surface area contributed by atoms with Crippen molar-refractivity contribution in [2.24, 2.45) is 0 Å². The van der Waals surface area contributed by atoms with Crippen LogP contribution in [0, 0.1) is 0 Å². The van der Waals surface area contributed by atoms with E-state index in [0.29, 0.717) is 18.8 Å². The third-order valence-corrected chi connectivity index (χ3v) is 6.12. The van der Waals surface area contributed by atoms with Gasteiger partial charge in [0.2, 0.25) is 5.91 Å². The van der Waals surface area contributed by atoms with Crippen LogP contribution in [-0.4, -0.2) is 42.5 Å². The molecule has 30 heavy (non-hydrogen) atoms. The Balaban J connectivity index is 1.43. The van der Waals surface area contributed by atoms with Crippen LogP contribution < -0.4 is 9.64 Å². The number of hydrogen-bond acceptors (Lipinski definition) is 4. The number of nitrogens with zero attached hydrogens (tertiary/aromatic N) is 2. The van der Waals surface area contributed by atoms with Crippen molar-refractivity contribution in [3.8, 4) is 5.75 Å². The highest BCUT2D eigenvalue weighted by molar-refractivity contribution is 9.10. The number of benzene rings is 2. The summed E-state index contributed by atoms with van der Waals surface area (Å²) in [6.07, 6.45) is 4.20. The highest BCUT2D eigenvalue weighted by Gasteiger charge is 2.42. The molecule has 1 saturated heterocycles. The van der Waals surface area contributed by atoms with Crippen LogP contribution in [0.2, 0.25) is 0 Å². The standard InChI is InChI=1S/C24H25BrN2O3/c1-2-15-30-21-9-7-20(8-10-21)27-23(28)16-22(24(27)29)26-13-11-18(12-14-26)17-3-5-19(25)6-4-17/h3-11,22H,2,12-16H2,1H3. The normalized spacial score (nSPS) is 19.9. The van der Waals surface area contributed by atoms with Crippen molar-refractivity contribution in [2.45, 2.75) is 32.2 Å². The maximum absolute atomic E-state index is 13.1. The third kappa shape index (κ3) is 4.35. The summed E-state index contributed by atoms with van der Waals surface area (Å²) in [4.78, 5) is 29.1. The van der Waals surface area contributed by atoms with Gasteiger partial charge < -0.3 is 4.74 Å². The van der Waals surface area contributed by atoms with Crippen LogP contribution in [0.4, 0.5) is 5.69 Å². The Labute approximate surface area is 185 Å². The van der Waals surface area contributed by atoms with Crippen molar-refractivity contribution in [2.75, 3.05) is 24.6 Å². The lowest BCUT2D eigenvalue weighted by atomic mass is 9.98. The van der Waals surface area contributed by atoms with E-state index in [1.165, 1.54) is 16.0 Å². The van der Waals surface area contributed by atoms with Gasteiger partial charge in [-0.3, -0.25) is 14.5 Å². The molecule has 2 aromatic rings. The molecule has 156 valence electrons. The monoisotopic (exact) mass is 468 g/mol. The summed E-state index contributed by atoms with van der Waals surface area (Å²) >= 11 is 3.47. The fourth-order valence-corrected chi connectivity index (χ4v) is 4.24. The van der Waals surface area contributed by atoms with Crippen LogP contribution in [0.1, 0.15) is 31.7 Å². The molecule has 1 fully saturated rings. The van der Waals surface area contributed by atoms with Gasteiger partial charge in [-0.15, -0.1) is 0 Å². The number of ether oxygens (including phenoxy) is 1. The van der Waals surface area contributed by atoms with Crippen LogP contribution >= 0.6 is 15.9 Å². The minimum atomic E-state index is -0.392. The zero-order chi connectivity index (χ0) is 21.1. The number of carbonyl (C=O) groups is 2. The Bertz CT molecular complexity index is 953. The second kappa shape index (κ2) is 9.14. The average molecular weight is 469 g/mol. The van der Waals surface area contributed by atoms with Crippen LogP contribution in [0.3, 0.4) is 0 Å². The molecule has 5 nitrogen and oxygen atoms in total. The van der Waals surface area contributed by atoms with Crippen LogP contribution in [-0.2, 0) is 9.59 Å². The molecule has 2 aliphatic rings. The molecule has 6 heteroatoms. The maximum Gasteiger partial charge on any atom is 0.251 e. The molecule has 2 aromatic carbocycles. The Morgan fingerprint density at radius 2 is 1.80 bits per heavy atom. The summed E-state index contributed by atoms with van der Waals surface area (Å²) in [5.74, 6) is 0.468. The predicted molar refractivity (Wildman–Crippen MR) is 121 cm³/mol. The van der Waals surface area contributed by atoms with E-state index in [0.717, 1.165) is 29.6 Å². The Morgan fingerprint density at radius 1 is 1.07 bits per heavy atom. The molecule has 0 radical (unpaired) electrons. The number of rotatable bonds is 6. The fourth-order valence-electron chi connectivity index (χ4n) is 3.98. The summed E-state index contributed by atoms with van der Waals surface area (Å²) in [5, 5.41) is 0. The molecule has 0 N–H and O–H groups in total. The first-order chi connectivity index (χ1) is 14.6. The number of amides is 2. The van der Waals surface area contributed by atoms with E-state index >= 15 is 0 Å². The smallest absolute Gasteiger partial charge is 0.251 e. The molecular formula is C24H25BrN2O3. The lowest BCUT2D eigenvalue weighted by Gasteiger charge is -2.30. The summed E-state index contributed by atoms with van der Waals surface area (Å²) < 4.78 is 6.65. The number of hydrogen-bond donors (Lipinski definition) is 0. The lowest BCUT2D eigenvalue weighted by molar-refractivity contribution is -0.122.